The van der Waals surface area contributed by atoms with Crippen LogP contribution in [-0.4, -0.2) is 9.97 Å². The number of aromatic nitrogens is 2. The molecule has 4 nitrogen and oxygen atoms in total. The van der Waals surface area contributed by atoms with E-state index in [9.17, 15) is 4.39 Å². The number of hydrogen-bond acceptors (Lipinski definition) is 6. The third-order valence-corrected chi connectivity index (χ3v) is 4.51. The van der Waals surface area contributed by atoms with Crippen molar-refractivity contribution in [3.63, 3.8) is 0 Å². The summed E-state index contributed by atoms with van der Waals surface area (Å²) in [6.07, 6.45) is 0. The first-order valence-corrected chi connectivity index (χ1v) is 8.74. The maximum absolute atomic E-state index is 13.6. The van der Waals surface area contributed by atoms with Gasteiger partial charge < -0.3 is 10.0 Å². The predicted octanol–water partition coefficient (Wildman–Crippen LogP) is 4.72. The molecule has 1 aromatic carbocycles. The monoisotopic (exact) mass is 346 g/mol. The number of nitrogens with zero attached hydrogens (tertiary/aromatic N) is 2. The van der Waals surface area contributed by atoms with E-state index in [1.807, 2.05) is 30.5 Å². The Morgan fingerprint density at radius 3 is 2.83 bits per heavy atom. The molecule has 0 saturated carbocycles. The summed E-state index contributed by atoms with van der Waals surface area (Å²) in [5.41, 5.74) is 4.17. The van der Waals surface area contributed by atoms with E-state index in [4.69, 9.17) is 0 Å². The Balaban J connectivity index is 1.61. The van der Waals surface area contributed by atoms with Crippen LogP contribution in [0, 0.1) is 12.7 Å². The van der Waals surface area contributed by atoms with Crippen LogP contribution in [0.2, 0.25) is 0 Å². The van der Waals surface area contributed by atoms with Gasteiger partial charge in [-0.25, -0.2) is 14.4 Å². The summed E-state index contributed by atoms with van der Waals surface area (Å²) < 4.78 is 16.8. The second-order valence-electron chi connectivity index (χ2n) is 4.81. The minimum Gasteiger partial charge on any atom is -0.379 e. The third-order valence-electron chi connectivity index (χ3n) is 3.18. The van der Waals surface area contributed by atoms with Crippen LogP contribution in [0.1, 0.15) is 11.3 Å². The fourth-order valence-corrected chi connectivity index (χ4v) is 3.18. The molecule has 7 heteroatoms. The number of rotatable bonds is 6. The van der Waals surface area contributed by atoms with Crippen LogP contribution in [0.5, 0.6) is 0 Å². The van der Waals surface area contributed by atoms with E-state index in [0.29, 0.717) is 12.1 Å². The first-order valence-electron chi connectivity index (χ1n) is 6.98. The molecule has 0 spiro atoms. The highest BCUT2D eigenvalue weighted by atomic mass is 32.2. The van der Waals surface area contributed by atoms with Crippen molar-refractivity contribution in [2.24, 2.45) is 0 Å². The molecule has 3 aromatic rings. The van der Waals surface area contributed by atoms with Crippen molar-refractivity contribution in [3.8, 4) is 0 Å². The van der Waals surface area contributed by atoms with E-state index in [-0.39, 0.29) is 5.82 Å². The quantitative estimate of drug-likeness (QED) is 0.633. The van der Waals surface area contributed by atoms with Gasteiger partial charge in [0, 0.05) is 29.4 Å². The van der Waals surface area contributed by atoms with Gasteiger partial charge in [0.15, 0.2) is 0 Å². The number of nitrogens with one attached hydrogen (secondary N) is 2. The lowest BCUT2D eigenvalue weighted by Crippen LogP contribution is -2.04. The summed E-state index contributed by atoms with van der Waals surface area (Å²) in [4.78, 5) is 8.68. The second-order valence-corrected chi connectivity index (χ2v) is 6.35. The normalized spacial score (nSPS) is 10.5. The molecule has 118 valence electrons. The Bertz CT molecular complexity index is 778. The molecule has 2 heterocycles. The van der Waals surface area contributed by atoms with Crippen LogP contribution in [-0.2, 0) is 6.54 Å². The summed E-state index contributed by atoms with van der Waals surface area (Å²) in [5, 5.41) is 6.01. The lowest BCUT2D eigenvalue weighted by atomic mass is 10.2. The van der Waals surface area contributed by atoms with Crippen LogP contribution in [0.3, 0.4) is 0 Å². The van der Waals surface area contributed by atoms with E-state index >= 15 is 0 Å². The number of hydrogen-bond donors (Lipinski definition) is 2. The number of thiazole rings is 1. The van der Waals surface area contributed by atoms with Crippen molar-refractivity contribution in [1.29, 1.82) is 0 Å². The van der Waals surface area contributed by atoms with Crippen LogP contribution in [0.15, 0.2) is 52.3 Å². The molecule has 0 fully saturated rings. The average molecular weight is 346 g/mol. The van der Waals surface area contributed by atoms with Crippen LogP contribution in [0.4, 0.5) is 15.9 Å². The standard InChI is InChI=1S/C16H15FN4S2/c1-11-14(18-8-12-4-2-3-5-13(12)17)6-7-16(20-11)23-21-15-9-22-10-19-15/h2-7,9-10,18,21H,8H2,1H3. The summed E-state index contributed by atoms with van der Waals surface area (Å²) in [6.45, 7) is 2.36. The van der Waals surface area contributed by atoms with Gasteiger partial charge in [0.05, 0.1) is 16.9 Å². The van der Waals surface area contributed by atoms with Gasteiger partial charge in [-0.2, -0.15) is 0 Å². The summed E-state index contributed by atoms with van der Waals surface area (Å²) >= 11 is 2.95. The lowest BCUT2D eigenvalue weighted by molar-refractivity contribution is 0.613. The highest BCUT2D eigenvalue weighted by molar-refractivity contribution is 8.00. The number of halogens is 1. The maximum atomic E-state index is 13.6. The van der Waals surface area contributed by atoms with Gasteiger partial charge in [0.1, 0.15) is 16.7 Å². The van der Waals surface area contributed by atoms with Crippen molar-refractivity contribution in [2.75, 3.05) is 10.0 Å². The number of pyridine rings is 1. The molecule has 0 bridgehead atoms. The van der Waals surface area contributed by atoms with Crippen LogP contribution in [0.25, 0.3) is 0 Å². The van der Waals surface area contributed by atoms with E-state index in [1.165, 1.54) is 29.4 Å². The van der Waals surface area contributed by atoms with Gasteiger partial charge in [-0.3, -0.25) is 0 Å². The lowest BCUT2D eigenvalue weighted by Gasteiger charge is -2.11. The van der Waals surface area contributed by atoms with Crippen molar-refractivity contribution < 1.29 is 4.39 Å². The van der Waals surface area contributed by atoms with E-state index < -0.39 is 0 Å². The van der Waals surface area contributed by atoms with Crippen molar-refractivity contribution in [3.05, 3.63) is 64.4 Å². The Hall–Kier alpha value is -2.12. The van der Waals surface area contributed by atoms with Gasteiger partial charge >= 0.3 is 0 Å². The minimum absolute atomic E-state index is 0.203. The third kappa shape index (κ3) is 4.20. The molecule has 0 unspecified atom stereocenters. The first kappa shape index (κ1) is 15.8. The Morgan fingerprint density at radius 1 is 1.22 bits per heavy atom. The number of anilines is 2. The smallest absolute Gasteiger partial charge is 0.147 e. The van der Waals surface area contributed by atoms with E-state index in [0.717, 1.165) is 22.2 Å². The highest BCUT2D eigenvalue weighted by Crippen LogP contribution is 2.23. The maximum Gasteiger partial charge on any atom is 0.147 e. The molecule has 2 aromatic heterocycles. The summed E-state index contributed by atoms with van der Waals surface area (Å²) in [7, 11) is 0. The van der Waals surface area contributed by atoms with Gasteiger partial charge in [0.2, 0.25) is 0 Å². The average Bonchev–Trinajstić information content (AvgIpc) is 3.07. The van der Waals surface area contributed by atoms with Gasteiger partial charge in [-0.05, 0) is 25.1 Å². The van der Waals surface area contributed by atoms with Crippen LogP contribution < -0.4 is 10.0 Å². The topological polar surface area (TPSA) is 49.8 Å². The van der Waals surface area contributed by atoms with E-state index in [2.05, 4.69) is 20.0 Å². The highest BCUT2D eigenvalue weighted by Gasteiger charge is 2.05. The Labute approximate surface area is 142 Å². The Morgan fingerprint density at radius 2 is 2.09 bits per heavy atom. The van der Waals surface area contributed by atoms with Gasteiger partial charge in [-0.1, -0.05) is 18.2 Å². The Kier molecular flexibility index (Phi) is 5.09. The first-order chi connectivity index (χ1) is 11.2. The molecule has 0 saturated heterocycles. The molecule has 0 amide bonds. The van der Waals surface area contributed by atoms with Crippen LogP contribution >= 0.6 is 23.3 Å². The second kappa shape index (κ2) is 7.43. The van der Waals surface area contributed by atoms with Crippen molar-refractivity contribution >= 4 is 34.8 Å². The molecule has 2 N–H and O–H groups in total. The van der Waals surface area contributed by atoms with E-state index in [1.54, 1.807) is 17.6 Å². The zero-order chi connectivity index (χ0) is 16.1. The molecule has 0 aliphatic rings. The fraction of sp³-hybridized carbons (Fsp3) is 0.125. The number of benzene rings is 1. The fourth-order valence-electron chi connectivity index (χ4n) is 1.98. The molecular weight excluding hydrogens is 331 g/mol. The zero-order valence-corrected chi connectivity index (χ0v) is 14.0. The summed E-state index contributed by atoms with van der Waals surface area (Å²) in [5.74, 6) is 0.617. The molecule has 0 radical (unpaired) electrons. The largest absolute Gasteiger partial charge is 0.379 e. The molecule has 23 heavy (non-hydrogen) atoms. The minimum atomic E-state index is -0.203. The molecule has 0 aliphatic heterocycles. The predicted molar refractivity (Wildman–Crippen MR) is 94.3 cm³/mol. The molecule has 0 aliphatic carbocycles. The summed E-state index contributed by atoms with van der Waals surface area (Å²) in [6, 6.07) is 10.6. The van der Waals surface area contributed by atoms with Gasteiger partial charge in [-0.15, -0.1) is 11.3 Å². The van der Waals surface area contributed by atoms with Crippen molar-refractivity contribution in [2.45, 2.75) is 18.5 Å². The zero-order valence-electron chi connectivity index (χ0n) is 12.4. The van der Waals surface area contributed by atoms with Gasteiger partial charge in [0.25, 0.3) is 0 Å². The SMILES string of the molecule is Cc1nc(SNc2cscn2)ccc1NCc1ccccc1F. The van der Waals surface area contributed by atoms with Crippen molar-refractivity contribution in [1.82, 2.24) is 9.97 Å². The number of aryl methyl sites for hydroxylation is 1. The molecule has 0 atom stereocenters. The molecular formula is C16H15FN4S2. The molecule has 3 rings (SSSR count).